The highest BCUT2D eigenvalue weighted by molar-refractivity contribution is 5.83. The lowest BCUT2D eigenvalue weighted by molar-refractivity contribution is -0.133. The van der Waals surface area contributed by atoms with Gasteiger partial charge in [0, 0.05) is 44.0 Å². The Balaban J connectivity index is 1.19. The van der Waals surface area contributed by atoms with Crippen molar-refractivity contribution in [3.05, 3.63) is 23.9 Å². The molecule has 4 fully saturated rings. The van der Waals surface area contributed by atoms with Crippen LogP contribution in [0.5, 0.6) is 0 Å². The van der Waals surface area contributed by atoms with Gasteiger partial charge < -0.3 is 29.7 Å². The number of carbonyl (C=O) groups is 1. The van der Waals surface area contributed by atoms with E-state index in [1.807, 2.05) is 12.3 Å². The van der Waals surface area contributed by atoms with Crippen LogP contribution in [-0.2, 0) is 19.0 Å². The first-order valence-corrected chi connectivity index (χ1v) is 12.0. The van der Waals surface area contributed by atoms with E-state index in [1.165, 1.54) is 5.56 Å². The van der Waals surface area contributed by atoms with Crippen molar-refractivity contribution in [3.8, 4) is 0 Å². The summed E-state index contributed by atoms with van der Waals surface area (Å²) in [4.78, 5) is 20.2. The minimum absolute atomic E-state index is 0.000705. The molecule has 0 bridgehead atoms. The number of rotatable bonds is 6. The number of hydrogen-bond acceptors (Lipinski definition) is 7. The molecule has 0 aromatic carbocycles. The molecule has 3 aliphatic heterocycles. The average molecular weight is 445 g/mol. The average Bonchev–Trinajstić information content (AvgIpc) is 3.25. The highest BCUT2D eigenvalue weighted by atomic mass is 16.5. The van der Waals surface area contributed by atoms with Crippen LogP contribution in [0.25, 0.3) is 0 Å². The highest BCUT2D eigenvalue weighted by Gasteiger charge is 2.52. The Morgan fingerprint density at radius 2 is 2.19 bits per heavy atom. The van der Waals surface area contributed by atoms with E-state index in [1.54, 1.807) is 7.11 Å². The number of aryl methyl sites for hydroxylation is 1. The van der Waals surface area contributed by atoms with Crippen LogP contribution >= 0.6 is 0 Å². The van der Waals surface area contributed by atoms with Crippen molar-refractivity contribution in [2.24, 2.45) is 5.41 Å². The topological polar surface area (TPSA) is 85.0 Å². The summed E-state index contributed by atoms with van der Waals surface area (Å²) in [5, 5.41) is 7.10. The largest absolute Gasteiger partial charge is 0.379 e. The van der Waals surface area contributed by atoms with Crippen LogP contribution in [0.3, 0.4) is 0 Å². The number of hydrogen-bond donors (Lipinski definition) is 2. The first-order chi connectivity index (χ1) is 15.5. The lowest BCUT2D eigenvalue weighted by Gasteiger charge is -2.38. The third-order valence-corrected chi connectivity index (χ3v) is 7.89. The van der Waals surface area contributed by atoms with Crippen molar-refractivity contribution in [1.82, 2.24) is 15.6 Å². The zero-order chi connectivity index (χ0) is 22.3. The summed E-state index contributed by atoms with van der Waals surface area (Å²) in [6.07, 6.45) is 5.67. The number of nitrogens with one attached hydrogen (secondary N) is 2. The summed E-state index contributed by atoms with van der Waals surface area (Å²) < 4.78 is 17.0. The number of anilines is 1. The SMILES string of the molecule is CO[C@@H]1COCC[C@@H]1N[C@@H]1CC[C@](C)(C(=O)N[C@@H]2CN(c3cc(C)ccn3)[C@@H]3COC32)C1. The van der Waals surface area contributed by atoms with E-state index in [9.17, 15) is 4.79 Å². The molecule has 32 heavy (non-hydrogen) atoms. The fraction of sp³-hybridized carbons (Fsp3) is 0.750. The van der Waals surface area contributed by atoms with E-state index in [4.69, 9.17) is 14.2 Å². The minimum atomic E-state index is -0.361. The Morgan fingerprint density at radius 1 is 1.31 bits per heavy atom. The summed E-state index contributed by atoms with van der Waals surface area (Å²) >= 11 is 0. The Bertz CT molecular complexity index is 838. The van der Waals surface area contributed by atoms with Crippen LogP contribution in [0.4, 0.5) is 5.82 Å². The highest BCUT2D eigenvalue weighted by Crippen LogP contribution is 2.40. The molecule has 1 aliphatic carbocycles. The standard InChI is InChI=1S/C24H36N4O4/c1-15-5-8-25-21(10-15)28-12-18(22-19(28)13-32-22)27-23(29)24(2)7-4-16(11-24)26-17-6-9-31-14-20(17)30-3/h5,8,10,16-20,22,26H,4,6-7,9,11-14H2,1-3H3,(H,27,29)/t16-,17+,18-,19-,20-,22?,24+/m1/s1. The molecule has 1 aromatic rings. The maximum atomic E-state index is 13.4. The number of carbonyl (C=O) groups excluding carboxylic acids is 1. The van der Waals surface area contributed by atoms with Gasteiger partial charge in [-0.3, -0.25) is 4.79 Å². The van der Waals surface area contributed by atoms with Gasteiger partial charge in [-0.25, -0.2) is 4.98 Å². The van der Waals surface area contributed by atoms with E-state index >= 15 is 0 Å². The second-order valence-corrected chi connectivity index (χ2v) is 10.2. The molecule has 7 atom stereocenters. The molecule has 2 N–H and O–H groups in total. The number of methoxy groups -OCH3 is 1. The minimum Gasteiger partial charge on any atom is -0.379 e. The molecule has 3 saturated heterocycles. The van der Waals surface area contributed by atoms with Gasteiger partial charge in [0.15, 0.2) is 0 Å². The van der Waals surface area contributed by atoms with Gasteiger partial charge in [0.2, 0.25) is 5.91 Å². The van der Waals surface area contributed by atoms with Gasteiger partial charge in [0.1, 0.15) is 11.9 Å². The molecule has 8 heteroatoms. The Kier molecular flexibility index (Phi) is 6.13. The fourth-order valence-electron chi connectivity index (χ4n) is 5.83. The van der Waals surface area contributed by atoms with Gasteiger partial charge in [-0.2, -0.15) is 0 Å². The summed E-state index contributed by atoms with van der Waals surface area (Å²) in [6, 6.07) is 5.03. The van der Waals surface area contributed by atoms with Crippen molar-refractivity contribution in [2.45, 2.75) is 75.9 Å². The van der Waals surface area contributed by atoms with E-state index in [0.717, 1.165) is 44.7 Å². The van der Waals surface area contributed by atoms with Crippen LogP contribution in [-0.4, -0.2) is 80.7 Å². The van der Waals surface area contributed by atoms with Crippen molar-refractivity contribution in [2.75, 3.05) is 38.4 Å². The van der Waals surface area contributed by atoms with Crippen LogP contribution in [0, 0.1) is 12.3 Å². The number of aromatic nitrogens is 1. The van der Waals surface area contributed by atoms with E-state index in [-0.39, 0.29) is 29.6 Å². The van der Waals surface area contributed by atoms with Gasteiger partial charge in [-0.15, -0.1) is 0 Å². The molecule has 0 spiro atoms. The number of nitrogens with zero attached hydrogens (tertiary/aromatic N) is 2. The Morgan fingerprint density at radius 3 is 2.94 bits per heavy atom. The summed E-state index contributed by atoms with van der Waals surface area (Å²) in [5.41, 5.74) is 0.830. The molecule has 1 amide bonds. The van der Waals surface area contributed by atoms with Crippen molar-refractivity contribution in [3.63, 3.8) is 0 Å². The lowest BCUT2D eigenvalue weighted by Crippen LogP contribution is -2.56. The molecule has 4 aliphatic rings. The monoisotopic (exact) mass is 444 g/mol. The Hall–Kier alpha value is -1.74. The molecule has 1 saturated carbocycles. The molecule has 0 radical (unpaired) electrons. The quantitative estimate of drug-likeness (QED) is 0.686. The molecular weight excluding hydrogens is 408 g/mol. The first kappa shape index (κ1) is 22.1. The Labute approximate surface area is 190 Å². The second-order valence-electron chi connectivity index (χ2n) is 10.2. The predicted molar refractivity (Wildman–Crippen MR) is 121 cm³/mol. The van der Waals surface area contributed by atoms with Gasteiger partial charge in [-0.1, -0.05) is 6.92 Å². The molecule has 176 valence electrons. The summed E-state index contributed by atoms with van der Waals surface area (Å²) in [5.74, 6) is 1.12. The molecule has 8 nitrogen and oxygen atoms in total. The zero-order valence-electron chi connectivity index (χ0n) is 19.4. The number of fused-ring (bicyclic) bond motifs is 1. The maximum Gasteiger partial charge on any atom is 0.226 e. The summed E-state index contributed by atoms with van der Waals surface area (Å²) in [7, 11) is 1.74. The third kappa shape index (κ3) is 4.14. The lowest BCUT2D eigenvalue weighted by atomic mass is 9.86. The van der Waals surface area contributed by atoms with Crippen LogP contribution in [0.2, 0.25) is 0 Å². The molecular formula is C24H36N4O4. The van der Waals surface area contributed by atoms with Gasteiger partial charge in [0.05, 0.1) is 31.4 Å². The van der Waals surface area contributed by atoms with Crippen LogP contribution in [0.1, 0.15) is 38.2 Å². The first-order valence-electron chi connectivity index (χ1n) is 12.0. The van der Waals surface area contributed by atoms with Gasteiger partial charge in [0.25, 0.3) is 0 Å². The molecule has 1 unspecified atom stereocenters. The zero-order valence-corrected chi connectivity index (χ0v) is 19.4. The third-order valence-electron chi connectivity index (χ3n) is 7.89. The number of pyridine rings is 1. The second kappa shape index (κ2) is 8.89. The van der Waals surface area contributed by atoms with Crippen LogP contribution < -0.4 is 15.5 Å². The van der Waals surface area contributed by atoms with Crippen LogP contribution in [0.15, 0.2) is 18.3 Å². The van der Waals surface area contributed by atoms with Crippen molar-refractivity contribution in [1.29, 1.82) is 0 Å². The fourth-order valence-corrected chi connectivity index (χ4v) is 5.83. The van der Waals surface area contributed by atoms with Gasteiger partial charge >= 0.3 is 0 Å². The van der Waals surface area contributed by atoms with E-state index < -0.39 is 0 Å². The summed E-state index contributed by atoms with van der Waals surface area (Å²) in [6.45, 7) is 7.02. The normalized spacial score (nSPS) is 38.9. The number of ether oxygens (including phenoxy) is 3. The van der Waals surface area contributed by atoms with E-state index in [0.29, 0.717) is 31.3 Å². The van der Waals surface area contributed by atoms with Gasteiger partial charge in [-0.05, 0) is 50.3 Å². The predicted octanol–water partition coefficient (Wildman–Crippen LogP) is 1.41. The number of amides is 1. The van der Waals surface area contributed by atoms with E-state index in [2.05, 4.69) is 40.4 Å². The maximum absolute atomic E-state index is 13.4. The van der Waals surface area contributed by atoms with Crippen molar-refractivity contribution < 1.29 is 19.0 Å². The molecule has 4 heterocycles. The molecule has 1 aromatic heterocycles. The van der Waals surface area contributed by atoms with Crippen molar-refractivity contribution >= 4 is 11.7 Å². The molecule has 5 rings (SSSR count). The smallest absolute Gasteiger partial charge is 0.226 e.